The topological polar surface area (TPSA) is 58.4 Å². The molecule has 5 nitrogen and oxygen atoms in total. The van der Waals surface area contributed by atoms with Gasteiger partial charge in [0.25, 0.3) is 0 Å². The van der Waals surface area contributed by atoms with Crippen molar-refractivity contribution in [1.82, 2.24) is 4.90 Å². The van der Waals surface area contributed by atoms with Crippen molar-refractivity contribution >= 4 is 23.0 Å². The zero-order valence-corrected chi connectivity index (χ0v) is 9.99. The number of nitrogens with one attached hydrogen (secondary N) is 1. The first-order chi connectivity index (χ1) is 7.52. The third kappa shape index (κ3) is 3.36. The number of hydrogen-bond acceptors (Lipinski definition) is 4. The number of halogens is 1. The Balaban J connectivity index is 2.79. The van der Waals surface area contributed by atoms with Crippen LogP contribution in [-0.4, -0.2) is 37.0 Å². The molecule has 0 heterocycles. The summed E-state index contributed by atoms with van der Waals surface area (Å²) < 4.78 is 0. The van der Waals surface area contributed by atoms with Gasteiger partial charge in [0.15, 0.2) is 0 Å². The molecule has 0 aliphatic rings. The lowest BCUT2D eigenvalue weighted by molar-refractivity contribution is -0.383. The highest BCUT2D eigenvalue weighted by atomic mass is 35.5. The van der Waals surface area contributed by atoms with Gasteiger partial charge in [0.05, 0.1) is 4.92 Å². The van der Waals surface area contributed by atoms with E-state index in [2.05, 4.69) is 5.32 Å². The lowest BCUT2D eigenvalue weighted by Crippen LogP contribution is -2.21. The molecule has 0 atom stereocenters. The Morgan fingerprint density at radius 1 is 1.50 bits per heavy atom. The van der Waals surface area contributed by atoms with Crippen LogP contribution in [0.5, 0.6) is 0 Å². The number of benzene rings is 1. The summed E-state index contributed by atoms with van der Waals surface area (Å²) in [7, 11) is 3.88. The number of likely N-dealkylation sites (N-methyl/N-ethyl adjacent to an activating group) is 1. The molecule has 88 valence electrons. The van der Waals surface area contributed by atoms with Crippen molar-refractivity contribution in [3.63, 3.8) is 0 Å². The lowest BCUT2D eigenvalue weighted by Gasteiger charge is -2.11. The summed E-state index contributed by atoms with van der Waals surface area (Å²) in [6.45, 7) is 1.43. The van der Waals surface area contributed by atoms with Crippen LogP contribution in [0.1, 0.15) is 0 Å². The molecule has 6 heteroatoms. The van der Waals surface area contributed by atoms with E-state index in [1.165, 1.54) is 6.07 Å². The summed E-state index contributed by atoms with van der Waals surface area (Å²) in [5.74, 6) is 0. The normalized spacial score (nSPS) is 10.5. The highest BCUT2D eigenvalue weighted by Crippen LogP contribution is 2.31. The Labute approximate surface area is 99.2 Å². The van der Waals surface area contributed by atoms with Crippen LogP contribution in [0.4, 0.5) is 11.4 Å². The smallest absolute Gasteiger partial charge is 0.310 e. The summed E-state index contributed by atoms with van der Waals surface area (Å²) in [6, 6.07) is 4.85. The number of anilines is 1. The number of hydrogen-bond donors (Lipinski definition) is 1. The zero-order chi connectivity index (χ0) is 12.1. The number of nitro groups is 1. The largest absolute Gasteiger partial charge is 0.378 e. The van der Waals surface area contributed by atoms with Gasteiger partial charge in [-0.25, -0.2) is 0 Å². The summed E-state index contributed by atoms with van der Waals surface area (Å²) in [5, 5.41) is 14.0. The second kappa shape index (κ2) is 5.67. The number of nitro benzene ring substituents is 1. The maximum absolute atomic E-state index is 10.8. The summed E-state index contributed by atoms with van der Waals surface area (Å²) in [6.07, 6.45) is 0. The minimum absolute atomic E-state index is 0.0667. The van der Waals surface area contributed by atoms with E-state index in [0.717, 1.165) is 6.54 Å². The fraction of sp³-hybridized carbons (Fsp3) is 0.400. The molecule has 1 N–H and O–H groups in total. The minimum Gasteiger partial charge on any atom is -0.378 e. The average molecular weight is 244 g/mol. The quantitative estimate of drug-likeness (QED) is 0.636. The molecule has 0 fully saturated rings. The van der Waals surface area contributed by atoms with Crippen LogP contribution in [0.25, 0.3) is 0 Å². The van der Waals surface area contributed by atoms with Crippen molar-refractivity contribution in [2.75, 3.05) is 32.5 Å². The second-order valence-corrected chi connectivity index (χ2v) is 4.03. The first-order valence-electron chi connectivity index (χ1n) is 4.84. The van der Waals surface area contributed by atoms with E-state index in [9.17, 15) is 10.1 Å². The highest BCUT2D eigenvalue weighted by Gasteiger charge is 2.17. The van der Waals surface area contributed by atoms with Crippen LogP contribution >= 0.6 is 11.6 Å². The molecular formula is C10H14ClN3O2. The van der Waals surface area contributed by atoms with Crippen LogP contribution in [-0.2, 0) is 0 Å². The fourth-order valence-electron chi connectivity index (χ4n) is 1.26. The third-order valence-corrected chi connectivity index (χ3v) is 2.35. The summed E-state index contributed by atoms with van der Waals surface area (Å²) in [5.41, 5.74) is 0.391. The van der Waals surface area contributed by atoms with Gasteiger partial charge in [0.1, 0.15) is 10.7 Å². The van der Waals surface area contributed by atoms with Gasteiger partial charge in [0.2, 0.25) is 0 Å². The van der Waals surface area contributed by atoms with E-state index in [1.807, 2.05) is 19.0 Å². The molecule has 0 saturated heterocycles. The summed E-state index contributed by atoms with van der Waals surface area (Å²) in [4.78, 5) is 12.3. The van der Waals surface area contributed by atoms with Crippen LogP contribution in [0.3, 0.4) is 0 Å². The molecule has 0 unspecified atom stereocenters. The fourth-order valence-corrected chi connectivity index (χ4v) is 1.50. The van der Waals surface area contributed by atoms with E-state index in [4.69, 9.17) is 11.6 Å². The molecule has 1 rings (SSSR count). The van der Waals surface area contributed by atoms with Crippen molar-refractivity contribution in [2.24, 2.45) is 0 Å². The van der Waals surface area contributed by atoms with Gasteiger partial charge in [-0.3, -0.25) is 10.1 Å². The van der Waals surface area contributed by atoms with Gasteiger partial charge in [-0.05, 0) is 26.2 Å². The van der Waals surface area contributed by atoms with Gasteiger partial charge >= 0.3 is 5.69 Å². The second-order valence-electron chi connectivity index (χ2n) is 3.62. The molecule has 1 aromatic rings. The molecule has 0 aliphatic carbocycles. The van der Waals surface area contributed by atoms with Gasteiger partial charge in [-0.2, -0.15) is 0 Å². The predicted molar refractivity (Wildman–Crippen MR) is 65.2 cm³/mol. The van der Waals surface area contributed by atoms with Crippen molar-refractivity contribution in [1.29, 1.82) is 0 Å². The molecular weight excluding hydrogens is 230 g/mol. The number of rotatable bonds is 5. The maximum atomic E-state index is 10.8. The van der Waals surface area contributed by atoms with E-state index >= 15 is 0 Å². The summed E-state index contributed by atoms with van der Waals surface area (Å²) >= 11 is 5.77. The standard InChI is InChI=1S/C10H14ClN3O2/c1-13(2)7-6-12-9-5-3-4-8(11)10(9)14(15)16/h3-5,12H,6-7H2,1-2H3. The Bertz CT molecular complexity index is 382. The van der Waals surface area contributed by atoms with Gasteiger partial charge in [0, 0.05) is 13.1 Å². The molecule has 0 radical (unpaired) electrons. The molecule has 1 aromatic carbocycles. The van der Waals surface area contributed by atoms with Crippen LogP contribution in [0.15, 0.2) is 18.2 Å². The zero-order valence-electron chi connectivity index (χ0n) is 9.24. The maximum Gasteiger partial charge on any atom is 0.310 e. The Morgan fingerprint density at radius 3 is 2.75 bits per heavy atom. The van der Waals surface area contributed by atoms with Crippen LogP contribution in [0.2, 0.25) is 5.02 Å². The predicted octanol–water partition coefficient (Wildman–Crippen LogP) is 2.22. The van der Waals surface area contributed by atoms with Gasteiger partial charge in [-0.1, -0.05) is 17.7 Å². The Kier molecular flexibility index (Phi) is 4.52. The molecule has 0 amide bonds. The molecule has 0 saturated carbocycles. The minimum atomic E-state index is -0.472. The van der Waals surface area contributed by atoms with Crippen molar-refractivity contribution in [2.45, 2.75) is 0 Å². The molecule has 0 aliphatic heterocycles. The van der Waals surface area contributed by atoms with Gasteiger partial charge < -0.3 is 10.2 Å². The number of para-hydroxylation sites is 1. The molecule has 0 spiro atoms. The first kappa shape index (κ1) is 12.7. The highest BCUT2D eigenvalue weighted by molar-refractivity contribution is 6.33. The van der Waals surface area contributed by atoms with E-state index in [-0.39, 0.29) is 10.7 Å². The third-order valence-electron chi connectivity index (χ3n) is 2.04. The average Bonchev–Trinajstić information content (AvgIpc) is 2.16. The van der Waals surface area contributed by atoms with E-state index in [1.54, 1.807) is 12.1 Å². The van der Waals surface area contributed by atoms with Crippen molar-refractivity contribution in [3.8, 4) is 0 Å². The van der Waals surface area contributed by atoms with Gasteiger partial charge in [-0.15, -0.1) is 0 Å². The molecule has 16 heavy (non-hydrogen) atoms. The van der Waals surface area contributed by atoms with Crippen LogP contribution in [0, 0.1) is 10.1 Å². The monoisotopic (exact) mass is 243 g/mol. The van der Waals surface area contributed by atoms with Crippen LogP contribution < -0.4 is 5.32 Å². The van der Waals surface area contributed by atoms with E-state index < -0.39 is 4.92 Å². The van der Waals surface area contributed by atoms with E-state index in [0.29, 0.717) is 12.2 Å². The first-order valence-corrected chi connectivity index (χ1v) is 5.21. The lowest BCUT2D eigenvalue weighted by atomic mass is 10.2. The molecule has 0 aromatic heterocycles. The number of nitrogens with zero attached hydrogens (tertiary/aromatic N) is 2. The Hall–Kier alpha value is -1.33. The Morgan fingerprint density at radius 2 is 2.19 bits per heavy atom. The SMILES string of the molecule is CN(C)CCNc1cccc(Cl)c1[N+](=O)[O-]. The molecule has 0 bridgehead atoms. The van der Waals surface area contributed by atoms with Crippen molar-refractivity contribution in [3.05, 3.63) is 33.3 Å². The van der Waals surface area contributed by atoms with Crippen molar-refractivity contribution < 1.29 is 4.92 Å².